The molecule has 0 fully saturated rings. The maximum absolute atomic E-state index is 12.0. The van der Waals surface area contributed by atoms with Crippen LogP contribution in [0, 0.1) is 17.0 Å². The van der Waals surface area contributed by atoms with Crippen LogP contribution >= 0.6 is 11.3 Å². The summed E-state index contributed by atoms with van der Waals surface area (Å²) in [6.45, 7) is 8.01. The molecule has 0 atom stereocenters. The summed E-state index contributed by atoms with van der Waals surface area (Å²) < 4.78 is 6.88. The molecule has 24 heavy (non-hydrogen) atoms. The topological polar surface area (TPSA) is 86.7 Å². The van der Waals surface area contributed by atoms with Gasteiger partial charge in [-0.05, 0) is 19.9 Å². The van der Waals surface area contributed by atoms with Crippen LogP contribution in [0.4, 0.5) is 11.4 Å². The van der Waals surface area contributed by atoms with Crippen molar-refractivity contribution in [1.29, 1.82) is 0 Å². The Bertz CT molecular complexity index is 851. The Hall–Kier alpha value is -2.74. The maximum Gasteiger partial charge on any atom is 0.350 e. The number of nitro groups is 1. The van der Waals surface area contributed by atoms with E-state index in [1.54, 1.807) is 32.1 Å². The second-order valence-corrected chi connectivity index (χ2v) is 5.79. The van der Waals surface area contributed by atoms with Crippen LogP contribution in [0.5, 0.6) is 0 Å². The number of thiazole rings is 1. The zero-order valence-corrected chi connectivity index (χ0v) is 14.2. The van der Waals surface area contributed by atoms with Gasteiger partial charge in [0.2, 0.25) is 0 Å². The van der Waals surface area contributed by atoms with E-state index >= 15 is 0 Å². The standard InChI is InChI=1S/C16H17N3O4S/c1-4-9-18-11(3)14(15(20)23-5-2)24-16(18)17-12-7-6-8-13(10-12)19(21)22/h4,6-8,10H,1,5,9H2,2-3H3. The van der Waals surface area contributed by atoms with Gasteiger partial charge in [0.25, 0.3) is 5.69 Å². The second kappa shape index (κ2) is 7.69. The van der Waals surface area contributed by atoms with Gasteiger partial charge in [0.1, 0.15) is 4.88 Å². The molecule has 0 amide bonds. The van der Waals surface area contributed by atoms with E-state index in [0.717, 1.165) is 5.69 Å². The molecule has 0 aliphatic heterocycles. The van der Waals surface area contributed by atoms with Crippen molar-refractivity contribution in [1.82, 2.24) is 4.57 Å². The average Bonchev–Trinajstić information content (AvgIpc) is 2.85. The number of rotatable bonds is 6. The van der Waals surface area contributed by atoms with Crippen molar-refractivity contribution in [3.63, 3.8) is 0 Å². The van der Waals surface area contributed by atoms with Crippen molar-refractivity contribution in [3.05, 3.63) is 62.4 Å². The molecule has 0 spiro atoms. The summed E-state index contributed by atoms with van der Waals surface area (Å²) in [7, 11) is 0. The van der Waals surface area contributed by atoms with E-state index in [2.05, 4.69) is 11.6 Å². The van der Waals surface area contributed by atoms with E-state index in [4.69, 9.17) is 4.74 Å². The van der Waals surface area contributed by atoms with Gasteiger partial charge in [0.15, 0.2) is 4.80 Å². The number of benzene rings is 1. The Morgan fingerprint density at radius 1 is 1.54 bits per heavy atom. The van der Waals surface area contributed by atoms with Gasteiger partial charge >= 0.3 is 5.97 Å². The fourth-order valence-electron chi connectivity index (χ4n) is 2.09. The Balaban J connectivity index is 2.57. The lowest BCUT2D eigenvalue weighted by atomic mass is 10.3. The van der Waals surface area contributed by atoms with Gasteiger partial charge in [0, 0.05) is 24.4 Å². The van der Waals surface area contributed by atoms with E-state index in [-0.39, 0.29) is 12.3 Å². The minimum atomic E-state index is -0.472. The highest BCUT2D eigenvalue weighted by atomic mass is 32.1. The lowest BCUT2D eigenvalue weighted by Crippen LogP contribution is -2.15. The zero-order valence-electron chi connectivity index (χ0n) is 13.4. The molecule has 2 aromatic rings. The molecule has 0 aliphatic rings. The van der Waals surface area contributed by atoms with E-state index in [9.17, 15) is 14.9 Å². The highest BCUT2D eigenvalue weighted by molar-refractivity contribution is 7.11. The van der Waals surface area contributed by atoms with Crippen molar-refractivity contribution in [2.24, 2.45) is 4.99 Å². The number of hydrogen-bond donors (Lipinski definition) is 0. The van der Waals surface area contributed by atoms with Gasteiger partial charge in [-0.1, -0.05) is 23.5 Å². The molecule has 0 saturated carbocycles. The molecule has 0 bridgehead atoms. The van der Waals surface area contributed by atoms with Crippen LogP contribution in [0.3, 0.4) is 0 Å². The lowest BCUT2D eigenvalue weighted by Gasteiger charge is -2.03. The zero-order chi connectivity index (χ0) is 17.7. The van der Waals surface area contributed by atoms with Gasteiger partial charge in [-0.3, -0.25) is 10.1 Å². The number of nitro benzene ring substituents is 1. The highest BCUT2D eigenvalue weighted by Gasteiger charge is 2.17. The first kappa shape index (κ1) is 17.6. The van der Waals surface area contributed by atoms with Crippen LogP contribution in [0.2, 0.25) is 0 Å². The molecule has 7 nitrogen and oxygen atoms in total. The lowest BCUT2D eigenvalue weighted by molar-refractivity contribution is -0.384. The molecule has 0 N–H and O–H groups in total. The summed E-state index contributed by atoms with van der Waals surface area (Å²) >= 11 is 1.19. The molecular weight excluding hydrogens is 330 g/mol. The number of nitrogens with zero attached hydrogens (tertiary/aromatic N) is 3. The first-order chi connectivity index (χ1) is 11.5. The van der Waals surface area contributed by atoms with Crippen molar-refractivity contribution < 1.29 is 14.5 Å². The molecule has 1 aromatic heterocycles. The maximum atomic E-state index is 12.0. The molecule has 1 heterocycles. The van der Waals surface area contributed by atoms with E-state index in [0.29, 0.717) is 21.9 Å². The Morgan fingerprint density at radius 2 is 2.29 bits per heavy atom. The first-order valence-electron chi connectivity index (χ1n) is 7.25. The summed E-state index contributed by atoms with van der Waals surface area (Å²) in [5, 5.41) is 10.9. The summed E-state index contributed by atoms with van der Waals surface area (Å²) in [6, 6.07) is 6.03. The summed E-state index contributed by atoms with van der Waals surface area (Å²) in [4.78, 5) is 27.9. The second-order valence-electron chi connectivity index (χ2n) is 4.81. The number of hydrogen-bond acceptors (Lipinski definition) is 6. The molecular formula is C16H17N3O4S. The van der Waals surface area contributed by atoms with Crippen LogP contribution < -0.4 is 4.80 Å². The Morgan fingerprint density at radius 3 is 2.92 bits per heavy atom. The van der Waals surface area contributed by atoms with Crippen LogP contribution in [-0.4, -0.2) is 22.1 Å². The fraction of sp³-hybridized carbons (Fsp3) is 0.250. The Labute approximate surface area is 142 Å². The predicted molar refractivity (Wildman–Crippen MR) is 91.5 cm³/mol. The van der Waals surface area contributed by atoms with Crippen LogP contribution in [-0.2, 0) is 11.3 Å². The average molecular weight is 347 g/mol. The number of ether oxygens (including phenoxy) is 1. The molecule has 1 aromatic carbocycles. The minimum Gasteiger partial charge on any atom is -0.462 e. The van der Waals surface area contributed by atoms with Crippen LogP contribution in [0.25, 0.3) is 0 Å². The third-order valence-corrected chi connectivity index (χ3v) is 4.36. The molecule has 126 valence electrons. The minimum absolute atomic E-state index is 0.0367. The van der Waals surface area contributed by atoms with E-state index < -0.39 is 10.9 Å². The van der Waals surface area contributed by atoms with Crippen molar-refractivity contribution in [3.8, 4) is 0 Å². The van der Waals surface area contributed by atoms with Gasteiger partial charge in [-0.25, -0.2) is 9.79 Å². The first-order valence-corrected chi connectivity index (χ1v) is 8.07. The summed E-state index contributed by atoms with van der Waals surface area (Å²) in [6.07, 6.45) is 1.70. The third kappa shape index (κ3) is 3.77. The van der Waals surface area contributed by atoms with Crippen molar-refractivity contribution in [2.75, 3.05) is 6.61 Å². The SMILES string of the molecule is C=CCn1c(C)c(C(=O)OCC)sc1=Nc1cccc([N+](=O)[O-])c1. The van der Waals surface area contributed by atoms with Crippen LogP contribution in [0.1, 0.15) is 22.3 Å². The molecule has 8 heteroatoms. The van der Waals surface area contributed by atoms with E-state index in [1.165, 1.54) is 23.5 Å². The number of carbonyl (C=O) groups excluding carboxylic acids is 1. The number of aromatic nitrogens is 1. The molecule has 0 unspecified atom stereocenters. The van der Waals surface area contributed by atoms with Gasteiger partial charge in [-0.15, -0.1) is 6.58 Å². The van der Waals surface area contributed by atoms with E-state index in [1.807, 2.05) is 4.57 Å². The van der Waals surface area contributed by atoms with Crippen LogP contribution in [0.15, 0.2) is 41.9 Å². The molecule has 0 radical (unpaired) electrons. The summed E-state index contributed by atoms with van der Waals surface area (Å²) in [5.41, 5.74) is 1.13. The summed E-state index contributed by atoms with van der Waals surface area (Å²) in [5.74, 6) is -0.404. The number of allylic oxidation sites excluding steroid dienone is 1. The monoisotopic (exact) mass is 347 g/mol. The van der Waals surface area contributed by atoms with Crippen molar-refractivity contribution >= 4 is 28.7 Å². The molecule has 0 saturated heterocycles. The van der Waals surface area contributed by atoms with Gasteiger partial charge in [-0.2, -0.15) is 0 Å². The third-order valence-electron chi connectivity index (χ3n) is 3.20. The van der Waals surface area contributed by atoms with Crippen molar-refractivity contribution in [2.45, 2.75) is 20.4 Å². The Kier molecular flexibility index (Phi) is 5.64. The fourth-order valence-corrected chi connectivity index (χ4v) is 3.14. The molecule has 2 rings (SSSR count). The highest BCUT2D eigenvalue weighted by Crippen LogP contribution is 2.20. The van der Waals surface area contributed by atoms with Gasteiger partial charge < -0.3 is 9.30 Å². The smallest absolute Gasteiger partial charge is 0.350 e. The van der Waals surface area contributed by atoms with Gasteiger partial charge in [0.05, 0.1) is 17.2 Å². The normalized spacial score (nSPS) is 11.3. The predicted octanol–water partition coefficient (Wildman–Crippen LogP) is 3.36. The number of non-ortho nitro benzene ring substituents is 1. The quantitative estimate of drug-likeness (QED) is 0.347. The molecule has 0 aliphatic carbocycles. The number of carbonyl (C=O) groups is 1. The largest absolute Gasteiger partial charge is 0.462 e. The number of esters is 1.